The van der Waals surface area contributed by atoms with Crippen molar-refractivity contribution in [3.8, 4) is 0 Å². The molecule has 2 aromatic rings. The Morgan fingerprint density at radius 2 is 2.10 bits per heavy atom. The van der Waals surface area contributed by atoms with Crippen LogP contribution in [0.1, 0.15) is 61.1 Å². The number of pyridine rings is 1. The van der Waals surface area contributed by atoms with Crippen LogP contribution in [0.4, 0.5) is 8.78 Å². The van der Waals surface area contributed by atoms with Gasteiger partial charge in [0.25, 0.3) is 6.43 Å². The molecule has 1 atom stereocenters. The van der Waals surface area contributed by atoms with Gasteiger partial charge in [0, 0.05) is 18.2 Å². The van der Waals surface area contributed by atoms with Crippen LogP contribution >= 0.6 is 0 Å². The zero-order valence-corrected chi connectivity index (χ0v) is 11.7. The maximum Gasteiger partial charge on any atom is 0.280 e. The van der Waals surface area contributed by atoms with Gasteiger partial charge in [-0.1, -0.05) is 6.07 Å². The van der Waals surface area contributed by atoms with Crippen molar-refractivity contribution in [3.05, 3.63) is 47.4 Å². The fourth-order valence-corrected chi connectivity index (χ4v) is 2.10. The molecule has 21 heavy (non-hydrogen) atoms. The van der Waals surface area contributed by atoms with Crippen molar-refractivity contribution in [2.24, 2.45) is 0 Å². The first-order valence-corrected chi connectivity index (χ1v) is 7.05. The highest BCUT2D eigenvalue weighted by atomic mass is 19.3. The number of alkyl halides is 2. The van der Waals surface area contributed by atoms with Gasteiger partial charge in [0.1, 0.15) is 11.5 Å². The van der Waals surface area contributed by atoms with Gasteiger partial charge in [0.15, 0.2) is 5.89 Å². The molecule has 1 N–H and O–H groups in total. The molecular formula is C15H17F2N3O. The molecule has 0 spiro atoms. The van der Waals surface area contributed by atoms with Gasteiger partial charge in [-0.25, -0.2) is 13.8 Å². The molecule has 2 heterocycles. The average molecular weight is 293 g/mol. The molecule has 4 nitrogen and oxygen atoms in total. The van der Waals surface area contributed by atoms with Gasteiger partial charge in [-0.3, -0.25) is 4.98 Å². The highest BCUT2D eigenvalue weighted by molar-refractivity contribution is 5.18. The Hall–Kier alpha value is -1.82. The van der Waals surface area contributed by atoms with E-state index < -0.39 is 6.43 Å². The molecule has 1 aliphatic carbocycles. The summed E-state index contributed by atoms with van der Waals surface area (Å²) in [4.78, 5) is 8.02. The number of nitrogens with one attached hydrogen (secondary N) is 1. The number of rotatable bonds is 6. The van der Waals surface area contributed by atoms with E-state index in [4.69, 9.17) is 4.42 Å². The highest BCUT2D eigenvalue weighted by Crippen LogP contribution is 2.39. The Kier molecular flexibility index (Phi) is 3.96. The minimum absolute atomic E-state index is 0.00121. The monoisotopic (exact) mass is 293 g/mol. The van der Waals surface area contributed by atoms with E-state index in [0.717, 1.165) is 30.1 Å². The summed E-state index contributed by atoms with van der Waals surface area (Å²) < 4.78 is 30.5. The van der Waals surface area contributed by atoms with Gasteiger partial charge in [-0.2, -0.15) is 0 Å². The molecule has 3 rings (SSSR count). The Labute approximate surface area is 121 Å². The molecule has 6 heteroatoms. The van der Waals surface area contributed by atoms with Crippen molar-refractivity contribution in [3.63, 3.8) is 0 Å². The summed E-state index contributed by atoms with van der Waals surface area (Å²) in [5.41, 5.74) is 0.664. The van der Waals surface area contributed by atoms with E-state index in [9.17, 15) is 8.78 Å². The summed E-state index contributed by atoms with van der Waals surface area (Å²) in [6, 6.07) is 3.03. The standard InChI is InChI=1S/C15H17F2N3O/c1-9(11-4-5-13(14(16)17)19-6-11)18-7-12-8-20-15(21-12)10-2-3-10/h4-6,8-10,14,18H,2-3,7H2,1H3. The molecule has 0 aromatic carbocycles. The maximum atomic E-state index is 12.4. The third kappa shape index (κ3) is 3.44. The van der Waals surface area contributed by atoms with E-state index >= 15 is 0 Å². The van der Waals surface area contributed by atoms with Crippen LogP contribution < -0.4 is 5.32 Å². The minimum atomic E-state index is -2.53. The van der Waals surface area contributed by atoms with Crippen molar-refractivity contribution in [2.75, 3.05) is 0 Å². The lowest BCUT2D eigenvalue weighted by molar-refractivity contribution is 0.146. The second-order valence-electron chi connectivity index (χ2n) is 5.36. The van der Waals surface area contributed by atoms with Gasteiger partial charge in [-0.15, -0.1) is 0 Å². The van der Waals surface area contributed by atoms with E-state index in [2.05, 4.69) is 15.3 Å². The van der Waals surface area contributed by atoms with E-state index in [1.807, 2.05) is 6.92 Å². The first-order chi connectivity index (χ1) is 10.1. The fraction of sp³-hybridized carbons (Fsp3) is 0.467. The number of halogens is 2. The van der Waals surface area contributed by atoms with Crippen LogP contribution in [0.2, 0.25) is 0 Å². The first-order valence-electron chi connectivity index (χ1n) is 7.05. The zero-order valence-electron chi connectivity index (χ0n) is 11.7. The number of nitrogens with zero attached hydrogens (tertiary/aromatic N) is 2. The summed E-state index contributed by atoms with van der Waals surface area (Å²) in [5, 5.41) is 3.28. The van der Waals surface area contributed by atoms with Gasteiger partial charge >= 0.3 is 0 Å². The lowest BCUT2D eigenvalue weighted by Crippen LogP contribution is -2.18. The van der Waals surface area contributed by atoms with Gasteiger partial charge in [-0.05, 0) is 31.4 Å². The quantitative estimate of drug-likeness (QED) is 0.881. The van der Waals surface area contributed by atoms with Crippen molar-refractivity contribution in [1.82, 2.24) is 15.3 Å². The van der Waals surface area contributed by atoms with Crippen LogP contribution in [0.3, 0.4) is 0 Å². The number of hydrogen-bond donors (Lipinski definition) is 1. The Morgan fingerprint density at radius 3 is 2.71 bits per heavy atom. The lowest BCUT2D eigenvalue weighted by Gasteiger charge is -2.13. The third-order valence-electron chi connectivity index (χ3n) is 3.61. The molecule has 0 saturated heterocycles. The van der Waals surface area contributed by atoms with E-state index in [0.29, 0.717) is 12.5 Å². The Morgan fingerprint density at radius 1 is 1.29 bits per heavy atom. The van der Waals surface area contributed by atoms with Gasteiger partial charge < -0.3 is 9.73 Å². The Balaban J connectivity index is 1.56. The fourth-order valence-electron chi connectivity index (χ4n) is 2.10. The Bertz CT molecular complexity index is 593. The molecule has 0 aliphatic heterocycles. The van der Waals surface area contributed by atoms with Crippen LogP contribution in [-0.4, -0.2) is 9.97 Å². The van der Waals surface area contributed by atoms with Gasteiger partial charge in [0.2, 0.25) is 0 Å². The molecule has 2 aromatic heterocycles. The molecule has 1 fully saturated rings. The zero-order chi connectivity index (χ0) is 14.8. The predicted octanol–water partition coefficient (Wildman–Crippen LogP) is 3.74. The molecule has 1 aliphatic rings. The molecule has 0 radical (unpaired) electrons. The van der Waals surface area contributed by atoms with Crippen LogP contribution in [0.5, 0.6) is 0 Å². The summed E-state index contributed by atoms with van der Waals surface area (Å²) >= 11 is 0. The van der Waals surface area contributed by atoms with Crippen molar-refractivity contribution in [2.45, 2.75) is 44.7 Å². The van der Waals surface area contributed by atoms with Crippen molar-refractivity contribution in [1.29, 1.82) is 0 Å². The molecule has 1 unspecified atom stereocenters. The summed E-state index contributed by atoms with van der Waals surface area (Å²) in [6.45, 7) is 2.51. The first kappa shape index (κ1) is 14.1. The number of oxazole rings is 1. The van der Waals surface area contributed by atoms with Crippen LogP contribution in [-0.2, 0) is 6.54 Å². The smallest absolute Gasteiger partial charge is 0.280 e. The second kappa shape index (κ2) is 5.89. The predicted molar refractivity (Wildman–Crippen MR) is 72.9 cm³/mol. The summed E-state index contributed by atoms with van der Waals surface area (Å²) in [6.07, 6.45) is 3.01. The second-order valence-corrected chi connectivity index (χ2v) is 5.36. The number of aromatic nitrogens is 2. The normalized spacial score (nSPS) is 16.4. The molecule has 112 valence electrons. The summed E-state index contributed by atoms with van der Waals surface area (Å²) in [5.74, 6) is 2.12. The largest absolute Gasteiger partial charge is 0.444 e. The summed E-state index contributed by atoms with van der Waals surface area (Å²) in [7, 11) is 0. The third-order valence-corrected chi connectivity index (χ3v) is 3.61. The lowest BCUT2D eigenvalue weighted by atomic mass is 10.1. The molecule has 0 amide bonds. The van der Waals surface area contributed by atoms with Crippen molar-refractivity contribution < 1.29 is 13.2 Å². The molecular weight excluding hydrogens is 276 g/mol. The number of hydrogen-bond acceptors (Lipinski definition) is 4. The van der Waals surface area contributed by atoms with E-state index in [-0.39, 0.29) is 11.7 Å². The van der Waals surface area contributed by atoms with Crippen LogP contribution in [0.25, 0.3) is 0 Å². The maximum absolute atomic E-state index is 12.4. The topological polar surface area (TPSA) is 51.0 Å². The SMILES string of the molecule is CC(NCc1cnc(C2CC2)o1)c1ccc(C(F)F)nc1. The van der Waals surface area contributed by atoms with Gasteiger partial charge in [0.05, 0.1) is 12.7 Å². The highest BCUT2D eigenvalue weighted by Gasteiger charge is 2.28. The van der Waals surface area contributed by atoms with E-state index in [1.54, 1.807) is 12.3 Å². The minimum Gasteiger partial charge on any atom is -0.444 e. The van der Waals surface area contributed by atoms with Crippen LogP contribution in [0.15, 0.2) is 28.9 Å². The van der Waals surface area contributed by atoms with Crippen LogP contribution in [0, 0.1) is 0 Å². The molecule has 1 saturated carbocycles. The van der Waals surface area contributed by atoms with E-state index in [1.165, 1.54) is 12.3 Å². The van der Waals surface area contributed by atoms with Crippen molar-refractivity contribution >= 4 is 0 Å². The molecule has 0 bridgehead atoms. The average Bonchev–Trinajstić information content (AvgIpc) is 3.24.